The van der Waals surface area contributed by atoms with Crippen LogP contribution < -0.4 is 19.1 Å². The zero-order valence-electron chi connectivity index (χ0n) is 21.5. The number of ether oxygens (including phenoxy) is 1. The number of aryl methyl sites for hydroxylation is 1. The Balaban J connectivity index is 0.000000213. The number of hydrogen-bond acceptors (Lipinski definition) is 6. The van der Waals surface area contributed by atoms with Gasteiger partial charge in [0.2, 0.25) is 0 Å². The van der Waals surface area contributed by atoms with Gasteiger partial charge in [0.25, 0.3) is 0 Å². The van der Waals surface area contributed by atoms with E-state index in [0.717, 1.165) is 11.6 Å². The second-order valence-electron chi connectivity index (χ2n) is 7.83. The topological polar surface area (TPSA) is 172 Å². The molecule has 0 unspecified atom stereocenters. The van der Waals surface area contributed by atoms with E-state index in [1.54, 1.807) is 12.1 Å². The first kappa shape index (κ1) is 32.3. The van der Waals surface area contributed by atoms with E-state index in [4.69, 9.17) is 24.3 Å². The highest BCUT2D eigenvalue weighted by atomic mass is 31.2. The van der Waals surface area contributed by atoms with Crippen LogP contribution in [0.4, 0.5) is 4.79 Å². The van der Waals surface area contributed by atoms with Crippen molar-refractivity contribution in [1.82, 2.24) is 5.32 Å². The molecular weight excluding hydrogens is 560 g/mol. The maximum atomic E-state index is 10.8. The first-order chi connectivity index (χ1) is 18.8. The summed E-state index contributed by atoms with van der Waals surface area (Å²) in [7, 11) is -7.89. The van der Waals surface area contributed by atoms with E-state index in [-0.39, 0.29) is 11.5 Å². The first-order valence-corrected chi connectivity index (χ1v) is 14.6. The highest BCUT2D eigenvalue weighted by molar-refractivity contribution is 7.47. The number of rotatable bonds is 6. The zero-order chi connectivity index (χ0) is 29.6. The Hall–Kier alpha value is -3.95. The molecule has 13 heteroatoms. The predicted octanol–water partition coefficient (Wildman–Crippen LogP) is 5.70. The summed E-state index contributed by atoms with van der Waals surface area (Å²) in [5, 5.41) is 2.37. The van der Waals surface area contributed by atoms with Gasteiger partial charge in [0.15, 0.2) is 0 Å². The molecule has 0 aromatic heterocycles. The zero-order valence-corrected chi connectivity index (χ0v) is 23.3. The van der Waals surface area contributed by atoms with Gasteiger partial charge in [-0.15, -0.1) is 0 Å². The van der Waals surface area contributed by atoms with Gasteiger partial charge in [0.05, 0.1) is 0 Å². The lowest BCUT2D eigenvalue weighted by atomic mass is 10.1. The Kier molecular flexibility index (Phi) is 12.6. The molecule has 4 aromatic rings. The van der Waals surface area contributed by atoms with Crippen molar-refractivity contribution in [2.24, 2.45) is 0 Å². The highest BCUT2D eigenvalue weighted by Crippen LogP contribution is 2.41. The number of amides is 1. The number of hydrogen-bond donors (Lipinski definition) is 5. The van der Waals surface area contributed by atoms with E-state index in [1.165, 1.54) is 36.4 Å². The van der Waals surface area contributed by atoms with Gasteiger partial charge in [0.1, 0.15) is 17.2 Å². The molecule has 0 bridgehead atoms. The Morgan fingerprint density at radius 2 is 1.05 bits per heavy atom. The molecule has 0 aliphatic rings. The smallest absolute Gasteiger partial charge is 0.410 e. The third-order valence-electron chi connectivity index (χ3n) is 4.54. The fourth-order valence-corrected chi connectivity index (χ4v) is 3.74. The molecule has 0 aliphatic heterocycles. The standard InChI is InChI=1S/C12H10.C9H11NO2.C6H8O8P2/c1-3-7-11(8-4-1)12-9-5-2-6-10-12;1-7-4-3-5-8(6-7)12-9(11)10-2;7-15(8,9)13-5-2-1-3-6(4-5)14-16(10,11)12/h1-10H;3-6H,1-2H3,(H,10,11);1-4H,(H2,7,8,9)(H2,10,11,12). The number of phosphoric acid groups is 2. The third-order valence-corrected chi connectivity index (χ3v) is 5.44. The van der Waals surface area contributed by atoms with Crippen LogP contribution in [0.25, 0.3) is 11.1 Å². The Bertz CT molecular complexity index is 1360. The van der Waals surface area contributed by atoms with Crippen LogP contribution in [-0.2, 0) is 9.13 Å². The molecule has 212 valence electrons. The normalized spacial score (nSPS) is 10.6. The summed E-state index contributed by atoms with van der Waals surface area (Å²) in [6.45, 7) is 1.94. The Labute approximate surface area is 231 Å². The molecule has 0 aliphatic carbocycles. The van der Waals surface area contributed by atoms with Gasteiger partial charge in [-0.25, -0.2) is 13.9 Å². The van der Waals surface area contributed by atoms with Crippen LogP contribution in [0.5, 0.6) is 17.2 Å². The predicted molar refractivity (Wildman–Crippen MR) is 150 cm³/mol. The molecule has 0 saturated heterocycles. The van der Waals surface area contributed by atoms with Gasteiger partial charge >= 0.3 is 21.7 Å². The molecule has 4 rings (SSSR count). The molecule has 40 heavy (non-hydrogen) atoms. The average molecular weight is 589 g/mol. The molecule has 0 heterocycles. The highest BCUT2D eigenvalue weighted by Gasteiger charge is 2.19. The Morgan fingerprint density at radius 1 is 0.625 bits per heavy atom. The van der Waals surface area contributed by atoms with Gasteiger partial charge < -0.3 is 19.1 Å². The Morgan fingerprint density at radius 3 is 1.45 bits per heavy atom. The van der Waals surface area contributed by atoms with Crippen LogP contribution in [0.1, 0.15) is 5.56 Å². The largest absolute Gasteiger partial charge is 0.524 e. The average Bonchev–Trinajstić information content (AvgIpc) is 2.89. The van der Waals surface area contributed by atoms with Crippen LogP contribution in [0.2, 0.25) is 0 Å². The number of carbonyl (C=O) groups excluding carboxylic acids is 1. The number of nitrogens with one attached hydrogen (secondary N) is 1. The van der Waals surface area contributed by atoms with Gasteiger partial charge in [-0.3, -0.25) is 19.6 Å². The number of carbonyl (C=O) groups is 1. The lowest BCUT2D eigenvalue weighted by Crippen LogP contribution is -2.21. The van der Waals surface area contributed by atoms with Crippen molar-refractivity contribution in [3.63, 3.8) is 0 Å². The SMILES string of the molecule is CNC(=O)Oc1cccc(C)c1.O=P(O)(O)Oc1cccc(OP(=O)(O)O)c1.c1ccc(-c2ccccc2)cc1. The van der Waals surface area contributed by atoms with Crippen LogP contribution >= 0.6 is 15.6 Å². The fraction of sp³-hybridized carbons (Fsp3) is 0.0741. The second-order valence-corrected chi connectivity index (χ2v) is 10.2. The minimum absolute atomic E-state index is 0.265. The molecule has 0 radical (unpaired) electrons. The lowest BCUT2D eigenvalue weighted by molar-refractivity contribution is 0.203. The van der Waals surface area contributed by atoms with E-state index >= 15 is 0 Å². The summed E-state index contributed by atoms with van der Waals surface area (Å²) >= 11 is 0. The number of phosphoric ester groups is 2. The van der Waals surface area contributed by atoms with E-state index in [2.05, 4.69) is 62.9 Å². The monoisotopic (exact) mass is 589 g/mol. The van der Waals surface area contributed by atoms with E-state index in [1.807, 2.05) is 31.2 Å². The summed E-state index contributed by atoms with van der Waals surface area (Å²) < 4.78 is 34.2. The van der Waals surface area contributed by atoms with Gasteiger partial charge in [-0.1, -0.05) is 78.9 Å². The molecule has 0 spiro atoms. The van der Waals surface area contributed by atoms with Gasteiger partial charge in [0, 0.05) is 13.1 Å². The molecular formula is C27H29NO10P2. The van der Waals surface area contributed by atoms with Gasteiger partial charge in [-0.05, 0) is 47.9 Å². The first-order valence-electron chi connectivity index (χ1n) is 11.5. The minimum Gasteiger partial charge on any atom is -0.410 e. The molecule has 0 atom stereocenters. The van der Waals surface area contributed by atoms with Crippen molar-refractivity contribution in [3.8, 4) is 28.4 Å². The van der Waals surface area contributed by atoms with Crippen molar-refractivity contribution in [2.75, 3.05) is 7.05 Å². The quantitative estimate of drug-likeness (QED) is 0.176. The molecule has 5 N–H and O–H groups in total. The molecule has 4 aromatic carbocycles. The minimum atomic E-state index is -4.71. The van der Waals surface area contributed by atoms with Crippen LogP contribution in [0, 0.1) is 6.92 Å². The van der Waals surface area contributed by atoms with Crippen molar-refractivity contribution >= 4 is 21.7 Å². The lowest BCUT2D eigenvalue weighted by Gasteiger charge is -2.09. The fourth-order valence-electron chi connectivity index (χ4n) is 2.96. The molecule has 0 fully saturated rings. The maximum Gasteiger partial charge on any atom is 0.524 e. The van der Waals surface area contributed by atoms with E-state index in [9.17, 15) is 13.9 Å². The van der Waals surface area contributed by atoms with Gasteiger partial charge in [-0.2, -0.15) is 0 Å². The molecule has 1 amide bonds. The van der Waals surface area contributed by atoms with Crippen molar-refractivity contribution < 1.29 is 47.3 Å². The number of benzene rings is 4. The van der Waals surface area contributed by atoms with Crippen molar-refractivity contribution in [1.29, 1.82) is 0 Å². The van der Waals surface area contributed by atoms with Crippen molar-refractivity contribution in [2.45, 2.75) is 6.92 Å². The molecule has 0 saturated carbocycles. The molecule has 11 nitrogen and oxygen atoms in total. The summed E-state index contributed by atoms with van der Waals surface area (Å²) in [6.07, 6.45) is -0.444. The third kappa shape index (κ3) is 13.7. The summed E-state index contributed by atoms with van der Waals surface area (Å²) in [4.78, 5) is 44.7. The van der Waals surface area contributed by atoms with E-state index < -0.39 is 21.7 Å². The maximum absolute atomic E-state index is 10.8. The summed E-state index contributed by atoms with van der Waals surface area (Å²) in [6, 6.07) is 32.7. The van der Waals surface area contributed by atoms with Crippen molar-refractivity contribution in [3.05, 3.63) is 115 Å². The second kappa shape index (κ2) is 15.6. The van der Waals surface area contributed by atoms with E-state index in [0.29, 0.717) is 5.75 Å². The summed E-state index contributed by atoms with van der Waals surface area (Å²) in [5.74, 6) is 0.0351. The summed E-state index contributed by atoms with van der Waals surface area (Å²) in [5.41, 5.74) is 3.62. The van der Waals surface area contributed by atoms with Crippen LogP contribution in [0.3, 0.4) is 0 Å². The van der Waals surface area contributed by atoms with Crippen LogP contribution in [0.15, 0.2) is 109 Å². The van der Waals surface area contributed by atoms with Crippen LogP contribution in [-0.4, -0.2) is 32.7 Å².